The van der Waals surface area contributed by atoms with E-state index in [4.69, 9.17) is 4.74 Å². The van der Waals surface area contributed by atoms with E-state index in [9.17, 15) is 4.79 Å². The summed E-state index contributed by atoms with van der Waals surface area (Å²) in [5.41, 5.74) is 1.16. The molecule has 0 radical (unpaired) electrons. The van der Waals surface area contributed by atoms with Gasteiger partial charge in [0.25, 0.3) is 0 Å². The van der Waals surface area contributed by atoms with E-state index in [1.165, 1.54) is 0 Å². The number of nitrogens with zero attached hydrogens (tertiary/aromatic N) is 4. The number of fused-ring (bicyclic) bond motifs is 1. The van der Waals surface area contributed by atoms with Crippen LogP contribution in [0.3, 0.4) is 0 Å². The largest absolute Gasteiger partial charge is 0.374 e. The normalized spacial score (nSPS) is 27.5. The number of piperidine rings is 1. The zero-order valence-electron chi connectivity index (χ0n) is 14.4. The zero-order valence-corrected chi connectivity index (χ0v) is 14.4. The van der Waals surface area contributed by atoms with Gasteiger partial charge in [-0.1, -0.05) is 6.92 Å². The fourth-order valence-corrected chi connectivity index (χ4v) is 3.72. The van der Waals surface area contributed by atoms with Crippen LogP contribution in [0.5, 0.6) is 0 Å². The van der Waals surface area contributed by atoms with E-state index in [2.05, 4.69) is 21.8 Å². The molecule has 24 heavy (non-hydrogen) atoms. The maximum absolute atomic E-state index is 12.3. The molecule has 6 heteroatoms. The van der Waals surface area contributed by atoms with Crippen molar-refractivity contribution in [3.8, 4) is 0 Å². The van der Waals surface area contributed by atoms with Crippen LogP contribution >= 0.6 is 0 Å². The average Bonchev–Trinajstić information content (AvgIpc) is 3.47. The van der Waals surface area contributed by atoms with Crippen LogP contribution in [0.4, 0.5) is 5.95 Å². The Bertz CT molecular complexity index is 587. The van der Waals surface area contributed by atoms with E-state index in [-0.39, 0.29) is 6.10 Å². The number of hydrogen-bond donors (Lipinski definition) is 0. The molecule has 2 atom stereocenters. The number of rotatable bonds is 3. The molecule has 4 rings (SSSR count). The summed E-state index contributed by atoms with van der Waals surface area (Å²) >= 11 is 0. The molecule has 3 fully saturated rings. The number of amides is 1. The van der Waals surface area contributed by atoms with E-state index in [1.54, 1.807) is 0 Å². The molecule has 1 saturated carbocycles. The summed E-state index contributed by atoms with van der Waals surface area (Å²) in [6.07, 6.45) is 8.10. The predicted molar refractivity (Wildman–Crippen MR) is 90.8 cm³/mol. The summed E-state index contributed by atoms with van der Waals surface area (Å²) in [5.74, 6) is 1.89. The highest BCUT2D eigenvalue weighted by atomic mass is 16.5. The van der Waals surface area contributed by atoms with Crippen molar-refractivity contribution in [3.63, 3.8) is 0 Å². The summed E-state index contributed by atoms with van der Waals surface area (Å²) < 4.78 is 6.09. The van der Waals surface area contributed by atoms with Gasteiger partial charge in [0.15, 0.2) is 0 Å². The molecule has 6 nitrogen and oxygen atoms in total. The van der Waals surface area contributed by atoms with Gasteiger partial charge in [-0.15, -0.1) is 0 Å². The second-order valence-corrected chi connectivity index (χ2v) is 7.21. The molecule has 1 amide bonds. The molecule has 130 valence electrons. The lowest BCUT2D eigenvalue weighted by Gasteiger charge is -2.38. The molecule has 1 aromatic heterocycles. The van der Waals surface area contributed by atoms with Crippen LogP contribution in [-0.4, -0.2) is 59.7 Å². The standard InChI is InChI=1S/C18H26N4O2/c1-2-13-9-19-18(20-10-13)22-7-8-24-16-12-21(6-5-15(16)11-22)17(23)14-3-4-14/h9-10,14-16H,2-8,11-12H2,1H3/t15-,16+/m0/s1. The molecule has 3 aliphatic rings. The van der Waals surface area contributed by atoms with Crippen molar-refractivity contribution in [2.45, 2.75) is 38.7 Å². The number of ether oxygens (including phenoxy) is 1. The fraction of sp³-hybridized carbons (Fsp3) is 0.722. The smallest absolute Gasteiger partial charge is 0.225 e. The van der Waals surface area contributed by atoms with E-state index in [0.717, 1.165) is 63.4 Å². The summed E-state index contributed by atoms with van der Waals surface area (Å²) in [5, 5.41) is 0. The predicted octanol–water partition coefficient (Wildman–Crippen LogP) is 1.50. The van der Waals surface area contributed by atoms with Gasteiger partial charge in [-0.25, -0.2) is 9.97 Å². The lowest BCUT2D eigenvalue weighted by Crippen LogP contribution is -2.49. The van der Waals surface area contributed by atoms with Crippen LogP contribution in [0.15, 0.2) is 12.4 Å². The summed E-state index contributed by atoms with van der Waals surface area (Å²) in [7, 11) is 0. The van der Waals surface area contributed by atoms with Gasteiger partial charge in [-0.2, -0.15) is 0 Å². The first-order valence-corrected chi connectivity index (χ1v) is 9.21. The lowest BCUT2D eigenvalue weighted by molar-refractivity contribution is -0.138. The quantitative estimate of drug-likeness (QED) is 0.841. The van der Waals surface area contributed by atoms with Gasteiger partial charge >= 0.3 is 0 Å². The van der Waals surface area contributed by atoms with Crippen LogP contribution < -0.4 is 4.90 Å². The molecular formula is C18H26N4O2. The number of hydrogen-bond acceptors (Lipinski definition) is 5. The minimum absolute atomic E-state index is 0.154. The van der Waals surface area contributed by atoms with Gasteiger partial charge in [-0.05, 0) is 31.2 Å². The Balaban J connectivity index is 1.41. The van der Waals surface area contributed by atoms with E-state index in [1.807, 2.05) is 17.3 Å². The molecule has 0 aromatic carbocycles. The third kappa shape index (κ3) is 3.24. The zero-order chi connectivity index (χ0) is 16.5. The van der Waals surface area contributed by atoms with Crippen molar-refractivity contribution < 1.29 is 9.53 Å². The molecule has 2 aliphatic heterocycles. The Kier molecular flexibility index (Phi) is 4.39. The SMILES string of the molecule is CCc1cnc(N2CCO[C@@H]3CN(C(=O)C4CC4)CC[C@H]3C2)nc1. The van der Waals surface area contributed by atoms with Crippen LogP contribution in [-0.2, 0) is 16.0 Å². The second-order valence-electron chi connectivity index (χ2n) is 7.21. The van der Waals surface area contributed by atoms with Crippen molar-refractivity contribution in [1.82, 2.24) is 14.9 Å². The minimum atomic E-state index is 0.154. The molecule has 0 unspecified atom stereocenters. The molecule has 0 N–H and O–H groups in total. The summed E-state index contributed by atoms with van der Waals surface area (Å²) in [6.45, 7) is 6.13. The summed E-state index contributed by atoms with van der Waals surface area (Å²) in [6, 6.07) is 0. The highest BCUT2D eigenvalue weighted by molar-refractivity contribution is 5.81. The van der Waals surface area contributed by atoms with Crippen molar-refractivity contribution >= 4 is 11.9 Å². The molecule has 0 spiro atoms. The highest BCUT2D eigenvalue weighted by Crippen LogP contribution is 2.33. The van der Waals surface area contributed by atoms with Crippen molar-refractivity contribution in [2.75, 3.05) is 37.7 Å². The Labute approximate surface area is 143 Å². The molecule has 1 aromatic rings. The van der Waals surface area contributed by atoms with Crippen molar-refractivity contribution in [3.05, 3.63) is 18.0 Å². The van der Waals surface area contributed by atoms with Crippen molar-refractivity contribution in [2.24, 2.45) is 11.8 Å². The van der Waals surface area contributed by atoms with Gasteiger partial charge in [0, 0.05) is 50.4 Å². The van der Waals surface area contributed by atoms with Crippen molar-refractivity contribution in [1.29, 1.82) is 0 Å². The number of aryl methyl sites for hydroxylation is 1. The highest BCUT2D eigenvalue weighted by Gasteiger charge is 2.39. The van der Waals surface area contributed by atoms with Gasteiger partial charge in [-0.3, -0.25) is 4.79 Å². The fourth-order valence-electron chi connectivity index (χ4n) is 3.72. The monoisotopic (exact) mass is 330 g/mol. The third-order valence-corrected chi connectivity index (χ3v) is 5.46. The molecule has 3 heterocycles. The van der Waals surface area contributed by atoms with Gasteiger partial charge < -0.3 is 14.5 Å². The third-order valence-electron chi connectivity index (χ3n) is 5.46. The molecule has 0 bridgehead atoms. The first-order valence-electron chi connectivity index (χ1n) is 9.21. The maximum atomic E-state index is 12.3. The Morgan fingerprint density at radius 3 is 2.71 bits per heavy atom. The average molecular weight is 330 g/mol. The number of anilines is 1. The number of carbonyl (C=O) groups is 1. The van der Waals surface area contributed by atoms with Gasteiger partial charge in [0.1, 0.15) is 0 Å². The molecular weight excluding hydrogens is 304 g/mol. The minimum Gasteiger partial charge on any atom is -0.374 e. The first-order chi connectivity index (χ1) is 11.7. The van der Waals surface area contributed by atoms with E-state index in [0.29, 0.717) is 24.3 Å². The summed E-state index contributed by atoms with van der Waals surface area (Å²) in [4.78, 5) is 25.6. The Morgan fingerprint density at radius 1 is 1.21 bits per heavy atom. The van der Waals surface area contributed by atoms with Crippen LogP contribution in [0.1, 0.15) is 31.7 Å². The van der Waals surface area contributed by atoms with Crippen LogP contribution in [0.2, 0.25) is 0 Å². The number of likely N-dealkylation sites (tertiary alicyclic amines) is 1. The van der Waals surface area contributed by atoms with Gasteiger partial charge in [0.2, 0.25) is 11.9 Å². The topological polar surface area (TPSA) is 58.6 Å². The van der Waals surface area contributed by atoms with E-state index >= 15 is 0 Å². The second kappa shape index (κ2) is 6.67. The molecule has 2 saturated heterocycles. The molecule has 1 aliphatic carbocycles. The number of carbonyl (C=O) groups excluding carboxylic acids is 1. The Morgan fingerprint density at radius 2 is 2.00 bits per heavy atom. The first kappa shape index (κ1) is 15.8. The van der Waals surface area contributed by atoms with E-state index < -0.39 is 0 Å². The van der Waals surface area contributed by atoms with Crippen LogP contribution in [0, 0.1) is 11.8 Å². The maximum Gasteiger partial charge on any atom is 0.225 e. The van der Waals surface area contributed by atoms with Gasteiger partial charge in [0.05, 0.1) is 12.7 Å². The number of aromatic nitrogens is 2. The lowest BCUT2D eigenvalue weighted by atomic mass is 9.93. The van der Waals surface area contributed by atoms with Crippen LogP contribution in [0.25, 0.3) is 0 Å². The Hall–Kier alpha value is -1.69.